The smallest absolute Gasteiger partial charge is 0.296 e. The molecular weight excluding hydrogens is 426 g/mol. The van der Waals surface area contributed by atoms with Crippen molar-refractivity contribution in [2.75, 3.05) is 26.4 Å². The number of unbranched alkanes of at least 4 members (excludes halogenated alkanes) is 10. The van der Waals surface area contributed by atoms with E-state index in [0.717, 1.165) is 38.5 Å². The predicted octanol–water partition coefficient (Wildman–Crippen LogP) is 7.12. The maximum atomic E-state index is 13.1. The Morgan fingerprint density at radius 3 is 1.20 bits per heavy atom. The maximum Gasteiger partial charge on any atom is 0.419 e. The van der Waals surface area contributed by atoms with Crippen LogP contribution < -0.4 is 10.4 Å². The van der Waals surface area contributed by atoms with Gasteiger partial charge in [0.15, 0.2) is 0 Å². The molecule has 0 aliphatic heterocycles. The second-order valence-electron chi connectivity index (χ2n) is 7.26. The fourth-order valence-corrected chi connectivity index (χ4v) is 5.61. The molecule has 2 N–H and O–H groups in total. The second-order valence-corrected chi connectivity index (χ2v) is 10.7. The zero-order chi connectivity index (χ0) is 22.6. The Bertz CT molecular complexity index is 450. The lowest BCUT2D eigenvalue weighted by atomic mass is 10.1. The zero-order valence-electron chi connectivity index (χ0n) is 19.7. The third-order valence-electron chi connectivity index (χ3n) is 4.44. The molecule has 0 aromatic heterocycles. The molecule has 0 heterocycles. The first-order valence-corrected chi connectivity index (χ1v) is 14.9. The lowest BCUT2D eigenvalue weighted by Crippen LogP contribution is -2.30. The molecule has 0 rings (SSSR count). The Hall–Kier alpha value is 0.220. The van der Waals surface area contributed by atoms with Gasteiger partial charge < -0.3 is 0 Å². The van der Waals surface area contributed by atoms with E-state index in [1.165, 1.54) is 38.5 Å². The molecule has 30 heavy (non-hydrogen) atoms. The van der Waals surface area contributed by atoms with Crippen molar-refractivity contribution >= 4 is 15.5 Å². The molecule has 0 aliphatic rings. The van der Waals surface area contributed by atoms with Crippen LogP contribution >= 0.6 is 15.5 Å². The van der Waals surface area contributed by atoms with Crippen LogP contribution in [0.25, 0.3) is 0 Å². The Morgan fingerprint density at radius 2 is 0.833 bits per heavy atom. The number of hydrogen-bond acceptors (Lipinski definition) is 6. The monoisotopic (exact) mass is 472 g/mol. The maximum absolute atomic E-state index is 13.1. The predicted molar refractivity (Wildman–Crippen MR) is 123 cm³/mol. The Kier molecular flexibility index (Phi) is 20.0. The van der Waals surface area contributed by atoms with Crippen molar-refractivity contribution in [1.82, 2.24) is 10.4 Å². The summed E-state index contributed by atoms with van der Waals surface area (Å²) >= 11 is 0. The van der Waals surface area contributed by atoms with Crippen LogP contribution in [0.2, 0.25) is 0 Å². The van der Waals surface area contributed by atoms with Gasteiger partial charge in [-0.05, 0) is 26.7 Å². The topological polar surface area (TPSA) is 95.1 Å². The molecular formula is C20H46N2O6P2. The van der Waals surface area contributed by atoms with Gasteiger partial charge in [0, 0.05) is 0 Å². The summed E-state index contributed by atoms with van der Waals surface area (Å²) in [6.07, 6.45) is 13.2. The molecule has 0 amide bonds. The van der Waals surface area contributed by atoms with E-state index in [2.05, 4.69) is 24.2 Å². The standard InChI is InChI=1S/C20H46N2O6P2/c1-5-9-11-13-15-17-19-27-30(24,28-20-18-16-14-12-10-6-2)22-21-29(23,25-7-3)26-8-4/h5-20H2,1-4H3,(H,21,23)(H,22,24). The zero-order valence-corrected chi connectivity index (χ0v) is 21.4. The van der Waals surface area contributed by atoms with Crippen LogP contribution in [0, 0.1) is 0 Å². The SMILES string of the molecule is CCCCCCCCOP(=O)(NNP(=O)(OCC)OCC)OCCCCCCCC. The van der Waals surface area contributed by atoms with Crippen molar-refractivity contribution in [1.29, 1.82) is 0 Å². The lowest BCUT2D eigenvalue weighted by Gasteiger charge is -2.23. The Labute approximate surface area is 184 Å². The van der Waals surface area contributed by atoms with Gasteiger partial charge in [-0.25, -0.2) is 9.13 Å². The normalized spacial score (nSPS) is 12.5. The summed E-state index contributed by atoms with van der Waals surface area (Å²) in [5.74, 6) is 0. The molecule has 0 aromatic carbocycles. The van der Waals surface area contributed by atoms with Gasteiger partial charge in [-0.15, -0.1) is 10.4 Å². The molecule has 8 nitrogen and oxygen atoms in total. The average Bonchev–Trinajstić information content (AvgIpc) is 2.72. The van der Waals surface area contributed by atoms with E-state index >= 15 is 0 Å². The average molecular weight is 473 g/mol. The lowest BCUT2D eigenvalue weighted by molar-refractivity contribution is 0.178. The summed E-state index contributed by atoms with van der Waals surface area (Å²) in [7, 11) is -7.30. The number of hydrazine groups is 1. The Balaban J connectivity index is 4.54. The minimum Gasteiger partial charge on any atom is -0.296 e. The third-order valence-corrected chi connectivity index (χ3v) is 7.63. The summed E-state index contributed by atoms with van der Waals surface area (Å²) in [4.78, 5) is 0. The molecule has 0 fully saturated rings. The molecule has 0 unspecified atom stereocenters. The van der Waals surface area contributed by atoms with Crippen LogP contribution in [-0.4, -0.2) is 26.4 Å². The molecule has 0 spiro atoms. The van der Waals surface area contributed by atoms with Crippen LogP contribution in [0.15, 0.2) is 0 Å². The van der Waals surface area contributed by atoms with Gasteiger partial charge in [-0.1, -0.05) is 78.1 Å². The number of rotatable bonds is 23. The van der Waals surface area contributed by atoms with Crippen LogP contribution in [-0.2, 0) is 27.2 Å². The van der Waals surface area contributed by atoms with Crippen LogP contribution in [0.4, 0.5) is 0 Å². The fraction of sp³-hybridized carbons (Fsp3) is 1.00. The van der Waals surface area contributed by atoms with E-state index in [1.54, 1.807) is 13.8 Å². The molecule has 0 atom stereocenters. The first kappa shape index (κ1) is 30.2. The summed E-state index contributed by atoms with van der Waals surface area (Å²) in [5, 5.41) is 4.90. The van der Waals surface area contributed by atoms with Gasteiger partial charge in [-0.3, -0.25) is 18.1 Å². The fourth-order valence-electron chi connectivity index (χ4n) is 2.80. The van der Waals surface area contributed by atoms with Crippen LogP contribution in [0.1, 0.15) is 105 Å². The quantitative estimate of drug-likeness (QED) is 0.0921. The van der Waals surface area contributed by atoms with Crippen molar-refractivity contribution in [2.24, 2.45) is 0 Å². The van der Waals surface area contributed by atoms with Crippen LogP contribution in [0.3, 0.4) is 0 Å². The second kappa shape index (κ2) is 19.9. The van der Waals surface area contributed by atoms with E-state index in [4.69, 9.17) is 18.1 Å². The summed E-state index contributed by atoms with van der Waals surface area (Å²) in [6.45, 7) is 8.77. The minimum atomic E-state index is -3.68. The highest BCUT2D eigenvalue weighted by molar-refractivity contribution is 7.55. The van der Waals surface area contributed by atoms with E-state index in [0.29, 0.717) is 13.2 Å². The summed E-state index contributed by atoms with van der Waals surface area (Å²) < 4.78 is 47.1. The highest BCUT2D eigenvalue weighted by Gasteiger charge is 2.31. The molecule has 0 aromatic rings. The molecule has 0 radical (unpaired) electrons. The van der Waals surface area contributed by atoms with Crippen molar-refractivity contribution < 1.29 is 27.2 Å². The largest absolute Gasteiger partial charge is 0.419 e. The van der Waals surface area contributed by atoms with Crippen molar-refractivity contribution in [2.45, 2.75) is 105 Å². The van der Waals surface area contributed by atoms with Gasteiger partial charge in [0.1, 0.15) is 0 Å². The van der Waals surface area contributed by atoms with Gasteiger partial charge >= 0.3 is 15.5 Å². The van der Waals surface area contributed by atoms with E-state index in [-0.39, 0.29) is 13.2 Å². The highest BCUT2D eigenvalue weighted by Crippen LogP contribution is 2.48. The van der Waals surface area contributed by atoms with Gasteiger partial charge in [0.05, 0.1) is 26.4 Å². The van der Waals surface area contributed by atoms with Crippen LogP contribution in [0.5, 0.6) is 0 Å². The molecule has 10 heteroatoms. The number of hydrogen-bond donors (Lipinski definition) is 2. The molecule has 0 saturated heterocycles. The molecule has 0 bridgehead atoms. The van der Waals surface area contributed by atoms with Crippen molar-refractivity contribution in [3.05, 3.63) is 0 Å². The molecule has 0 saturated carbocycles. The highest BCUT2D eigenvalue weighted by atomic mass is 31.2. The first-order valence-electron chi connectivity index (χ1n) is 11.8. The van der Waals surface area contributed by atoms with Gasteiger partial charge in [0.25, 0.3) is 0 Å². The Morgan fingerprint density at radius 1 is 0.500 bits per heavy atom. The summed E-state index contributed by atoms with van der Waals surface area (Å²) in [6, 6.07) is 0. The van der Waals surface area contributed by atoms with E-state index in [9.17, 15) is 9.13 Å². The summed E-state index contributed by atoms with van der Waals surface area (Å²) in [5.41, 5.74) is 0. The van der Waals surface area contributed by atoms with Crippen molar-refractivity contribution in [3.63, 3.8) is 0 Å². The third kappa shape index (κ3) is 16.9. The van der Waals surface area contributed by atoms with Crippen molar-refractivity contribution in [3.8, 4) is 0 Å². The van der Waals surface area contributed by atoms with Gasteiger partial charge in [0.2, 0.25) is 0 Å². The first-order chi connectivity index (χ1) is 14.4. The number of nitrogens with one attached hydrogen (secondary N) is 2. The van der Waals surface area contributed by atoms with E-state index in [1.807, 2.05) is 0 Å². The van der Waals surface area contributed by atoms with E-state index < -0.39 is 15.5 Å². The van der Waals surface area contributed by atoms with Gasteiger partial charge in [-0.2, -0.15) is 0 Å². The minimum absolute atomic E-state index is 0.188. The molecule has 182 valence electrons. The molecule has 0 aliphatic carbocycles.